The number of hydrogen-bond donors (Lipinski definition) is 2. The van der Waals surface area contributed by atoms with Crippen molar-refractivity contribution >= 4 is 5.91 Å². The second-order valence-electron chi connectivity index (χ2n) is 5.65. The van der Waals surface area contributed by atoms with E-state index in [0.717, 1.165) is 58.5 Å². The van der Waals surface area contributed by atoms with Gasteiger partial charge < -0.3 is 15.5 Å². The zero-order valence-electron chi connectivity index (χ0n) is 12.9. The van der Waals surface area contributed by atoms with Crippen LogP contribution in [0, 0.1) is 5.41 Å². The summed E-state index contributed by atoms with van der Waals surface area (Å²) in [7, 11) is 0. The van der Waals surface area contributed by atoms with Gasteiger partial charge in [-0.1, -0.05) is 27.2 Å². The van der Waals surface area contributed by atoms with Crippen LogP contribution in [0.2, 0.25) is 0 Å². The number of carbonyl (C=O) groups is 1. The summed E-state index contributed by atoms with van der Waals surface area (Å²) in [6.07, 6.45) is 4.23. The van der Waals surface area contributed by atoms with E-state index >= 15 is 0 Å². The van der Waals surface area contributed by atoms with E-state index in [1.165, 1.54) is 6.42 Å². The second kappa shape index (κ2) is 8.54. The topological polar surface area (TPSA) is 44.4 Å². The zero-order chi connectivity index (χ0) is 14.1. The summed E-state index contributed by atoms with van der Waals surface area (Å²) in [5.41, 5.74) is -0.142. The molecule has 0 radical (unpaired) electrons. The Balaban J connectivity index is 2.36. The Labute approximate surface area is 118 Å². The maximum Gasteiger partial charge on any atom is 0.227 e. The monoisotopic (exact) mass is 269 g/mol. The van der Waals surface area contributed by atoms with Crippen LogP contribution in [0.5, 0.6) is 0 Å². The summed E-state index contributed by atoms with van der Waals surface area (Å²) in [5, 5.41) is 6.49. The summed E-state index contributed by atoms with van der Waals surface area (Å²) in [6, 6.07) is 0. The van der Waals surface area contributed by atoms with Gasteiger partial charge in [-0.3, -0.25) is 4.79 Å². The van der Waals surface area contributed by atoms with Crippen molar-refractivity contribution < 1.29 is 4.79 Å². The van der Waals surface area contributed by atoms with E-state index in [2.05, 4.69) is 36.3 Å². The smallest absolute Gasteiger partial charge is 0.227 e. The predicted octanol–water partition coefficient (Wildman–Crippen LogP) is 1.61. The van der Waals surface area contributed by atoms with Crippen molar-refractivity contribution in [3.05, 3.63) is 0 Å². The van der Waals surface area contributed by atoms with E-state index < -0.39 is 0 Å². The number of carbonyl (C=O) groups excluding carboxylic acids is 1. The first-order valence-corrected chi connectivity index (χ1v) is 7.90. The third-order valence-corrected chi connectivity index (χ3v) is 4.15. The van der Waals surface area contributed by atoms with Crippen LogP contribution in [0.3, 0.4) is 0 Å². The molecule has 0 aromatic heterocycles. The number of amides is 1. The molecule has 2 N–H and O–H groups in total. The molecule has 1 fully saturated rings. The standard InChI is InChI=1S/C15H31N3O/c1-4-7-15(8-9-16-13-15)14(19)17-10-12-18(6-3)11-5-2/h16H,4-13H2,1-3H3,(H,17,19). The Morgan fingerprint density at radius 2 is 2.05 bits per heavy atom. The zero-order valence-corrected chi connectivity index (χ0v) is 12.9. The van der Waals surface area contributed by atoms with Gasteiger partial charge in [0, 0.05) is 19.6 Å². The average Bonchev–Trinajstić information content (AvgIpc) is 2.88. The Kier molecular flexibility index (Phi) is 7.39. The lowest BCUT2D eigenvalue weighted by atomic mass is 9.81. The van der Waals surface area contributed by atoms with Crippen molar-refractivity contribution in [2.45, 2.75) is 46.5 Å². The van der Waals surface area contributed by atoms with Gasteiger partial charge in [0.1, 0.15) is 0 Å². The highest BCUT2D eigenvalue weighted by molar-refractivity contribution is 5.83. The van der Waals surface area contributed by atoms with E-state index in [1.807, 2.05) is 0 Å². The predicted molar refractivity (Wildman–Crippen MR) is 80.2 cm³/mol. The van der Waals surface area contributed by atoms with E-state index in [9.17, 15) is 4.79 Å². The molecule has 1 aliphatic rings. The fourth-order valence-electron chi connectivity index (χ4n) is 3.00. The Bertz CT molecular complexity index is 262. The molecule has 112 valence electrons. The van der Waals surface area contributed by atoms with E-state index in [1.54, 1.807) is 0 Å². The molecular formula is C15H31N3O. The lowest BCUT2D eigenvalue weighted by Gasteiger charge is -2.27. The van der Waals surface area contributed by atoms with Crippen molar-refractivity contribution in [2.24, 2.45) is 5.41 Å². The molecule has 0 saturated carbocycles. The van der Waals surface area contributed by atoms with Gasteiger partial charge in [-0.2, -0.15) is 0 Å². The average molecular weight is 269 g/mol. The third-order valence-electron chi connectivity index (χ3n) is 4.15. The van der Waals surface area contributed by atoms with Crippen molar-refractivity contribution in [1.82, 2.24) is 15.5 Å². The quantitative estimate of drug-likeness (QED) is 0.668. The summed E-state index contributed by atoms with van der Waals surface area (Å²) in [6.45, 7) is 12.3. The number of likely N-dealkylation sites (N-methyl/N-ethyl adjacent to an activating group) is 1. The highest BCUT2D eigenvalue weighted by Crippen LogP contribution is 2.31. The summed E-state index contributed by atoms with van der Waals surface area (Å²) in [4.78, 5) is 14.8. The summed E-state index contributed by atoms with van der Waals surface area (Å²) >= 11 is 0. The highest BCUT2D eigenvalue weighted by Gasteiger charge is 2.39. The second-order valence-corrected chi connectivity index (χ2v) is 5.65. The highest BCUT2D eigenvalue weighted by atomic mass is 16.2. The molecule has 1 rings (SSSR count). The molecular weight excluding hydrogens is 238 g/mol. The first-order valence-electron chi connectivity index (χ1n) is 7.90. The van der Waals surface area contributed by atoms with Gasteiger partial charge in [-0.15, -0.1) is 0 Å². The first kappa shape index (κ1) is 16.4. The largest absolute Gasteiger partial charge is 0.354 e. The Hall–Kier alpha value is -0.610. The molecule has 1 atom stereocenters. The van der Waals surface area contributed by atoms with Crippen LogP contribution in [-0.4, -0.2) is 50.1 Å². The molecule has 0 aromatic carbocycles. The fraction of sp³-hybridized carbons (Fsp3) is 0.933. The molecule has 19 heavy (non-hydrogen) atoms. The number of rotatable bonds is 9. The van der Waals surface area contributed by atoms with E-state index in [-0.39, 0.29) is 11.3 Å². The van der Waals surface area contributed by atoms with Crippen molar-refractivity contribution in [3.63, 3.8) is 0 Å². The van der Waals surface area contributed by atoms with E-state index in [4.69, 9.17) is 0 Å². The van der Waals surface area contributed by atoms with Crippen LogP contribution in [0.25, 0.3) is 0 Å². The number of nitrogens with one attached hydrogen (secondary N) is 2. The molecule has 0 aliphatic carbocycles. The van der Waals surface area contributed by atoms with Gasteiger partial charge in [0.05, 0.1) is 5.41 Å². The van der Waals surface area contributed by atoms with Crippen LogP contribution in [0.1, 0.15) is 46.5 Å². The Morgan fingerprint density at radius 1 is 1.26 bits per heavy atom. The molecule has 0 aromatic rings. The van der Waals surface area contributed by atoms with Crippen LogP contribution >= 0.6 is 0 Å². The minimum absolute atomic E-state index is 0.142. The number of hydrogen-bond acceptors (Lipinski definition) is 3. The molecule has 0 spiro atoms. The number of nitrogens with zero attached hydrogens (tertiary/aromatic N) is 1. The van der Waals surface area contributed by atoms with Gasteiger partial charge in [0.15, 0.2) is 0 Å². The fourth-order valence-corrected chi connectivity index (χ4v) is 3.00. The third kappa shape index (κ3) is 4.77. The van der Waals surface area contributed by atoms with Crippen molar-refractivity contribution in [3.8, 4) is 0 Å². The summed E-state index contributed by atoms with van der Waals surface area (Å²) < 4.78 is 0. The maximum atomic E-state index is 12.4. The van der Waals surface area contributed by atoms with Gasteiger partial charge in [0.25, 0.3) is 0 Å². The van der Waals surface area contributed by atoms with Gasteiger partial charge in [-0.25, -0.2) is 0 Å². The molecule has 1 heterocycles. The normalized spacial score (nSPS) is 22.9. The molecule has 4 nitrogen and oxygen atoms in total. The van der Waals surface area contributed by atoms with Crippen LogP contribution in [0.15, 0.2) is 0 Å². The van der Waals surface area contributed by atoms with Gasteiger partial charge >= 0.3 is 0 Å². The SMILES string of the molecule is CCCN(CC)CCNC(=O)C1(CCC)CCNC1. The minimum Gasteiger partial charge on any atom is -0.354 e. The Morgan fingerprint density at radius 3 is 2.58 bits per heavy atom. The molecule has 0 bridgehead atoms. The van der Waals surface area contributed by atoms with Crippen LogP contribution in [0.4, 0.5) is 0 Å². The molecule has 1 amide bonds. The molecule has 4 heteroatoms. The molecule has 1 aliphatic heterocycles. The maximum absolute atomic E-state index is 12.4. The van der Waals surface area contributed by atoms with Crippen molar-refractivity contribution in [1.29, 1.82) is 0 Å². The van der Waals surface area contributed by atoms with Gasteiger partial charge in [0.2, 0.25) is 5.91 Å². The van der Waals surface area contributed by atoms with E-state index in [0.29, 0.717) is 0 Å². The minimum atomic E-state index is -0.142. The molecule has 1 unspecified atom stereocenters. The van der Waals surface area contributed by atoms with Crippen molar-refractivity contribution in [2.75, 3.05) is 39.3 Å². The summed E-state index contributed by atoms with van der Waals surface area (Å²) in [5.74, 6) is 0.256. The molecule has 1 saturated heterocycles. The van der Waals surface area contributed by atoms with Crippen LogP contribution < -0.4 is 10.6 Å². The van der Waals surface area contributed by atoms with Crippen LogP contribution in [-0.2, 0) is 4.79 Å². The lowest BCUT2D eigenvalue weighted by molar-refractivity contribution is -0.130. The first-order chi connectivity index (χ1) is 9.18. The van der Waals surface area contributed by atoms with Gasteiger partial charge in [-0.05, 0) is 38.9 Å². The lowest BCUT2D eigenvalue weighted by Crippen LogP contribution is -2.45.